The molecule has 0 unspecified atom stereocenters. The minimum absolute atomic E-state index is 0. The normalized spacial score (nSPS) is 17.1. The van der Waals surface area contributed by atoms with Gasteiger partial charge >= 0.3 is 0 Å². The SMILES string of the molecule is CCCCNC(=O)[C@H]1Cc2c(sc3ccccc23)CN1.Cl. The molecule has 0 aliphatic carbocycles. The van der Waals surface area contributed by atoms with Crippen molar-refractivity contribution >= 4 is 39.7 Å². The average molecular weight is 325 g/mol. The lowest BCUT2D eigenvalue weighted by Crippen LogP contribution is -2.47. The van der Waals surface area contributed by atoms with Crippen LogP contribution >= 0.6 is 23.7 Å². The number of hydrogen-bond acceptors (Lipinski definition) is 3. The van der Waals surface area contributed by atoms with E-state index < -0.39 is 0 Å². The minimum Gasteiger partial charge on any atom is -0.355 e. The van der Waals surface area contributed by atoms with Crippen LogP contribution in [0.3, 0.4) is 0 Å². The topological polar surface area (TPSA) is 41.1 Å². The van der Waals surface area contributed by atoms with Gasteiger partial charge in [0, 0.05) is 22.7 Å². The van der Waals surface area contributed by atoms with E-state index in [9.17, 15) is 4.79 Å². The van der Waals surface area contributed by atoms with Crippen LogP contribution in [0.1, 0.15) is 30.2 Å². The second kappa shape index (κ2) is 7.25. The van der Waals surface area contributed by atoms with Crippen LogP contribution in [0, 0.1) is 0 Å². The molecule has 1 aromatic heterocycles. The molecule has 2 heterocycles. The number of halogens is 1. The Morgan fingerprint density at radius 2 is 2.24 bits per heavy atom. The van der Waals surface area contributed by atoms with Crippen molar-refractivity contribution in [1.29, 1.82) is 0 Å². The molecule has 1 aliphatic rings. The summed E-state index contributed by atoms with van der Waals surface area (Å²) < 4.78 is 1.33. The summed E-state index contributed by atoms with van der Waals surface area (Å²) in [6.07, 6.45) is 2.96. The van der Waals surface area contributed by atoms with E-state index in [0.29, 0.717) is 0 Å². The van der Waals surface area contributed by atoms with E-state index >= 15 is 0 Å². The summed E-state index contributed by atoms with van der Waals surface area (Å²) >= 11 is 1.84. The summed E-state index contributed by atoms with van der Waals surface area (Å²) in [6.45, 7) is 3.72. The molecular formula is C16H21ClN2OS. The molecular weight excluding hydrogens is 304 g/mol. The fraction of sp³-hybridized carbons (Fsp3) is 0.438. The van der Waals surface area contributed by atoms with Crippen LogP contribution in [0.15, 0.2) is 24.3 Å². The first-order chi connectivity index (χ1) is 9.79. The van der Waals surface area contributed by atoms with E-state index in [1.807, 2.05) is 11.3 Å². The monoisotopic (exact) mass is 324 g/mol. The summed E-state index contributed by atoms with van der Waals surface area (Å²) in [4.78, 5) is 13.5. The molecule has 3 nitrogen and oxygen atoms in total. The first kappa shape index (κ1) is 16.3. The predicted octanol–water partition coefficient (Wildman–Crippen LogP) is 3.25. The van der Waals surface area contributed by atoms with Crippen LogP contribution in [0.5, 0.6) is 0 Å². The summed E-state index contributed by atoms with van der Waals surface area (Å²) in [5.74, 6) is 0.138. The van der Waals surface area contributed by atoms with Crippen LogP contribution in [0.4, 0.5) is 0 Å². The lowest BCUT2D eigenvalue weighted by Gasteiger charge is -2.23. The van der Waals surface area contributed by atoms with Crippen LogP contribution in [-0.4, -0.2) is 18.5 Å². The van der Waals surface area contributed by atoms with Gasteiger partial charge in [0.2, 0.25) is 5.91 Å². The van der Waals surface area contributed by atoms with Crippen molar-refractivity contribution in [3.63, 3.8) is 0 Å². The van der Waals surface area contributed by atoms with Crippen molar-refractivity contribution in [2.75, 3.05) is 6.54 Å². The summed E-state index contributed by atoms with van der Waals surface area (Å²) in [5.41, 5.74) is 1.36. The van der Waals surface area contributed by atoms with Crippen molar-refractivity contribution in [2.24, 2.45) is 0 Å². The second-order valence-corrected chi connectivity index (χ2v) is 6.42. The van der Waals surface area contributed by atoms with Gasteiger partial charge in [0.15, 0.2) is 0 Å². The molecule has 5 heteroatoms. The fourth-order valence-electron chi connectivity index (χ4n) is 2.71. The summed E-state index contributed by atoms with van der Waals surface area (Å²) in [5, 5.41) is 7.71. The van der Waals surface area contributed by atoms with E-state index in [-0.39, 0.29) is 24.4 Å². The van der Waals surface area contributed by atoms with Crippen molar-refractivity contribution < 1.29 is 4.79 Å². The smallest absolute Gasteiger partial charge is 0.237 e. The largest absolute Gasteiger partial charge is 0.355 e. The predicted molar refractivity (Wildman–Crippen MR) is 91.3 cm³/mol. The van der Waals surface area contributed by atoms with Gasteiger partial charge in [0.1, 0.15) is 0 Å². The van der Waals surface area contributed by atoms with Gasteiger partial charge in [-0.3, -0.25) is 4.79 Å². The molecule has 0 bridgehead atoms. The third-order valence-corrected chi connectivity index (χ3v) is 5.06. The van der Waals surface area contributed by atoms with Gasteiger partial charge in [-0.05, 0) is 29.9 Å². The summed E-state index contributed by atoms with van der Waals surface area (Å²) in [6, 6.07) is 8.40. The van der Waals surface area contributed by atoms with Gasteiger partial charge < -0.3 is 10.6 Å². The number of hydrogen-bond donors (Lipinski definition) is 2. The van der Waals surface area contributed by atoms with E-state index in [1.54, 1.807) is 0 Å². The summed E-state index contributed by atoms with van der Waals surface area (Å²) in [7, 11) is 0. The molecule has 2 N–H and O–H groups in total. The van der Waals surface area contributed by atoms with Gasteiger partial charge in [-0.1, -0.05) is 31.5 Å². The van der Waals surface area contributed by atoms with Gasteiger partial charge in [-0.25, -0.2) is 0 Å². The second-order valence-electron chi connectivity index (χ2n) is 5.28. The number of unbranched alkanes of at least 4 members (excludes halogenated alkanes) is 1. The average Bonchev–Trinajstić information content (AvgIpc) is 2.85. The highest BCUT2D eigenvalue weighted by atomic mass is 35.5. The van der Waals surface area contributed by atoms with Crippen LogP contribution in [0.2, 0.25) is 0 Å². The number of fused-ring (bicyclic) bond motifs is 3. The highest BCUT2D eigenvalue weighted by Crippen LogP contribution is 2.34. The molecule has 1 aromatic carbocycles. The molecule has 3 rings (SSSR count). The zero-order valence-corrected chi connectivity index (χ0v) is 13.8. The molecule has 0 saturated heterocycles. The lowest BCUT2D eigenvalue weighted by molar-refractivity contribution is -0.123. The Balaban J connectivity index is 0.00000161. The third kappa shape index (κ3) is 3.39. The Morgan fingerprint density at radius 1 is 1.43 bits per heavy atom. The maximum Gasteiger partial charge on any atom is 0.237 e. The Bertz CT molecular complexity index is 626. The number of carbonyl (C=O) groups is 1. The maximum atomic E-state index is 12.2. The number of benzene rings is 1. The molecule has 0 saturated carbocycles. The van der Waals surface area contributed by atoms with Crippen molar-refractivity contribution in [2.45, 2.75) is 38.8 Å². The Hall–Kier alpha value is -1.10. The van der Waals surface area contributed by atoms with Gasteiger partial charge in [0.05, 0.1) is 6.04 Å². The molecule has 1 amide bonds. The molecule has 1 atom stereocenters. The third-order valence-electron chi connectivity index (χ3n) is 3.85. The van der Waals surface area contributed by atoms with Crippen molar-refractivity contribution in [3.05, 3.63) is 34.7 Å². The lowest BCUT2D eigenvalue weighted by atomic mass is 9.98. The van der Waals surface area contributed by atoms with Gasteiger partial charge in [-0.15, -0.1) is 23.7 Å². The maximum absolute atomic E-state index is 12.2. The van der Waals surface area contributed by atoms with Gasteiger partial charge in [-0.2, -0.15) is 0 Å². The van der Waals surface area contributed by atoms with Crippen molar-refractivity contribution in [1.82, 2.24) is 10.6 Å². The van der Waals surface area contributed by atoms with Crippen LogP contribution in [0.25, 0.3) is 10.1 Å². The first-order valence-corrected chi connectivity index (χ1v) is 8.11. The zero-order chi connectivity index (χ0) is 13.9. The van der Waals surface area contributed by atoms with Gasteiger partial charge in [0.25, 0.3) is 0 Å². The number of amides is 1. The highest BCUT2D eigenvalue weighted by molar-refractivity contribution is 7.19. The van der Waals surface area contributed by atoms with Crippen LogP contribution < -0.4 is 10.6 Å². The highest BCUT2D eigenvalue weighted by Gasteiger charge is 2.26. The Labute approximate surface area is 135 Å². The minimum atomic E-state index is -0.0858. The zero-order valence-electron chi connectivity index (χ0n) is 12.1. The van der Waals surface area contributed by atoms with E-state index in [1.165, 1.54) is 20.5 Å². The molecule has 114 valence electrons. The Kier molecular flexibility index (Phi) is 5.62. The number of nitrogens with one attached hydrogen (secondary N) is 2. The standard InChI is InChI=1S/C16H20N2OS.ClH/c1-2-3-8-17-16(19)13-9-12-11-6-4-5-7-14(11)20-15(12)10-18-13;/h4-7,13,18H,2-3,8-10H2,1H3,(H,17,19);1H/t13-;/m1./s1. The number of thiophene rings is 1. The first-order valence-electron chi connectivity index (χ1n) is 7.30. The van der Waals surface area contributed by atoms with E-state index in [0.717, 1.165) is 32.4 Å². The fourth-order valence-corrected chi connectivity index (χ4v) is 3.89. The molecule has 0 spiro atoms. The van der Waals surface area contributed by atoms with E-state index in [4.69, 9.17) is 0 Å². The molecule has 0 radical (unpaired) electrons. The molecule has 1 aliphatic heterocycles. The van der Waals surface area contributed by atoms with E-state index in [2.05, 4.69) is 41.8 Å². The quantitative estimate of drug-likeness (QED) is 0.848. The molecule has 0 fully saturated rings. The number of carbonyl (C=O) groups excluding carboxylic acids is 1. The number of rotatable bonds is 4. The molecule has 21 heavy (non-hydrogen) atoms. The molecule has 2 aromatic rings. The van der Waals surface area contributed by atoms with Crippen LogP contribution in [-0.2, 0) is 17.8 Å². The Morgan fingerprint density at radius 3 is 3.05 bits per heavy atom. The van der Waals surface area contributed by atoms with Crippen molar-refractivity contribution in [3.8, 4) is 0 Å².